The summed E-state index contributed by atoms with van der Waals surface area (Å²) in [6.45, 7) is 9.06. The normalized spacial score (nSPS) is 22.4. The van der Waals surface area contributed by atoms with Crippen molar-refractivity contribution in [3.8, 4) is 0 Å². The van der Waals surface area contributed by atoms with E-state index < -0.39 is 0 Å². The summed E-state index contributed by atoms with van der Waals surface area (Å²) in [7, 11) is 0. The Morgan fingerprint density at radius 3 is 2.89 bits per heavy atom. The minimum Gasteiger partial charge on any atom is -0.313 e. The second kappa shape index (κ2) is 7.06. The average molecular weight is 260 g/mol. The molecule has 0 fully saturated rings. The van der Waals surface area contributed by atoms with Crippen LogP contribution in [0.2, 0.25) is 0 Å². The van der Waals surface area contributed by atoms with Crippen molar-refractivity contribution in [2.24, 2.45) is 5.92 Å². The zero-order chi connectivity index (χ0) is 13.7. The lowest BCUT2D eigenvalue weighted by Gasteiger charge is -2.25. The molecule has 3 unspecified atom stereocenters. The molecule has 2 heteroatoms. The number of hydrogen-bond donors (Lipinski definition) is 2. The lowest BCUT2D eigenvalue weighted by Crippen LogP contribution is -2.32. The van der Waals surface area contributed by atoms with Gasteiger partial charge in [0.25, 0.3) is 0 Å². The molecular weight excluding hydrogens is 232 g/mol. The van der Waals surface area contributed by atoms with E-state index in [2.05, 4.69) is 55.7 Å². The summed E-state index contributed by atoms with van der Waals surface area (Å²) >= 11 is 0. The van der Waals surface area contributed by atoms with Crippen LogP contribution in [-0.2, 0) is 6.54 Å². The first-order valence-electron chi connectivity index (χ1n) is 7.75. The van der Waals surface area contributed by atoms with Gasteiger partial charge in [0, 0.05) is 18.6 Å². The maximum Gasteiger partial charge on any atom is 0.0337 e. The van der Waals surface area contributed by atoms with Crippen molar-refractivity contribution >= 4 is 0 Å². The van der Waals surface area contributed by atoms with Crippen LogP contribution in [0.1, 0.15) is 57.2 Å². The summed E-state index contributed by atoms with van der Waals surface area (Å²) < 4.78 is 0. The molecule has 2 N–H and O–H groups in total. The zero-order valence-electron chi connectivity index (χ0n) is 12.6. The third-order valence-electron chi connectivity index (χ3n) is 4.29. The topological polar surface area (TPSA) is 24.1 Å². The van der Waals surface area contributed by atoms with Crippen molar-refractivity contribution in [2.75, 3.05) is 6.54 Å². The number of rotatable bonds is 5. The Kier molecular flexibility index (Phi) is 5.41. The van der Waals surface area contributed by atoms with Gasteiger partial charge in [-0.15, -0.1) is 0 Å². The van der Waals surface area contributed by atoms with Gasteiger partial charge in [0.2, 0.25) is 0 Å². The van der Waals surface area contributed by atoms with Crippen LogP contribution in [0.3, 0.4) is 0 Å². The molecule has 0 aromatic heterocycles. The van der Waals surface area contributed by atoms with Crippen molar-refractivity contribution in [3.05, 3.63) is 35.4 Å². The summed E-state index contributed by atoms with van der Waals surface area (Å²) in [4.78, 5) is 0. The van der Waals surface area contributed by atoms with E-state index >= 15 is 0 Å². The fourth-order valence-corrected chi connectivity index (χ4v) is 3.01. The largest absolute Gasteiger partial charge is 0.313 e. The van der Waals surface area contributed by atoms with Crippen molar-refractivity contribution in [2.45, 2.75) is 58.7 Å². The third-order valence-corrected chi connectivity index (χ3v) is 4.29. The Bertz CT molecular complexity index is 389. The summed E-state index contributed by atoms with van der Waals surface area (Å²) in [5, 5.41) is 7.36. The van der Waals surface area contributed by atoms with Crippen LogP contribution in [0.4, 0.5) is 0 Å². The van der Waals surface area contributed by atoms with E-state index in [1.165, 1.54) is 30.4 Å². The van der Waals surface area contributed by atoms with Gasteiger partial charge in [0.15, 0.2) is 0 Å². The van der Waals surface area contributed by atoms with Crippen LogP contribution in [0.15, 0.2) is 24.3 Å². The van der Waals surface area contributed by atoms with Crippen molar-refractivity contribution < 1.29 is 0 Å². The van der Waals surface area contributed by atoms with Crippen LogP contribution in [0.25, 0.3) is 0 Å². The third kappa shape index (κ3) is 4.05. The Balaban J connectivity index is 2.03. The van der Waals surface area contributed by atoms with Gasteiger partial charge >= 0.3 is 0 Å². The standard InChI is InChI=1S/C17H28N2/c1-4-13(2)11-14(3)19-17-9-10-18-12-15-7-5-6-8-16(15)17/h5-8,13-14,17-19H,4,9-12H2,1-3H3. The van der Waals surface area contributed by atoms with E-state index in [-0.39, 0.29) is 0 Å². The Hall–Kier alpha value is -0.860. The lowest BCUT2D eigenvalue weighted by atomic mass is 9.96. The predicted molar refractivity (Wildman–Crippen MR) is 82.2 cm³/mol. The van der Waals surface area contributed by atoms with Gasteiger partial charge in [-0.3, -0.25) is 0 Å². The fourth-order valence-electron chi connectivity index (χ4n) is 3.01. The van der Waals surface area contributed by atoms with Crippen molar-refractivity contribution in [3.63, 3.8) is 0 Å². The molecule has 2 nitrogen and oxygen atoms in total. The summed E-state index contributed by atoms with van der Waals surface area (Å²) in [6.07, 6.45) is 3.72. The molecule has 1 heterocycles. The van der Waals surface area contributed by atoms with E-state index in [0.29, 0.717) is 12.1 Å². The van der Waals surface area contributed by atoms with E-state index in [1.807, 2.05) is 0 Å². The molecule has 0 spiro atoms. The van der Waals surface area contributed by atoms with Crippen LogP contribution in [0, 0.1) is 5.92 Å². The number of hydrogen-bond acceptors (Lipinski definition) is 2. The molecule has 0 aliphatic carbocycles. The van der Waals surface area contributed by atoms with Crippen LogP contribution in [-0.4, -0.2) is 12.6 Å². The molecule has 0 saturated heterocycles. The monoisotopic (exact) mass is 260 g/mol. The highest BCUT2D eigenvalue weighted by Gasteiger charge is 2.19. The van der Waals surface area contributed by atoms with Crippen molar-refractivity contribution in [1.29, 1.82) is 0 Å². The van der Waals surface area contributed by atoms with E-state index in [9.17, 15) is 0 Å². The molecule has 106 valence electrons. The van der Waals surface area contributed by atoms with Gasteiger partial charge in [-0.05, 0) is 43.4 Å². The Labute approximate surface area is 118 Å². The highest BCUT2D eigenvalue weighted by atomic mass is 15.0. The number of nitrogens with one attached hydrogen (secondary N) is 2. The van der Waals surface area contributed by atoms with Gasteiger partial charge in [-0.25, -0.2) is 0 Å². The molecule has 3 atom stereocenters. The minimum atomic E-state index is 0.505. The number of fused-ring (bicyclic) bond motifs is 1. The van der Waals surface area contributed by atoms with E-state index in [0.717, 1.165) is 19.0 Å². The molecule has 19 heavy (non-hydrogen) atoms. The summed E-state index contributed by atoms with van der Waals surface area (Å²) in [5.74, 6) is 0.807. The van der Waals surface area contributed by atoms with E-state index in [1.54, 1.807) is 0 Å². The summed E-state index contributed by atoms with van der Waals surface area (Å²) in [6, 6.07) is 9.94. The highest BCUT2D eigenvalue weighted by molar-refractivity contribution is 5.31. The maximum absolute atomic E-state index is 3.84. The van der Waals surface area contributed by atoms with Crippen LogP contribution < -0.4 is 10.6 Å². The minimum absolute atomic E-state index is 0.505. The Morgan fingerprint density at radius 2 is 2.11 bits per heavy atom. The van der Waals surface area contributed by atoms with Gasteiger partial charge in [0.1, 0.15) is 0 Å². The van der Waals surface area contributed by atoms with Crippen LogP contribution in [0.5, 0.6) is 0 Å². The maximum atomic E-state index is 3.84. The smallest absolute Gasteiger partial charge is 0.0337 e. The van der Waals surface area contributed by atoms with Crippen molar-refractivity contribution in [1.82, 2.24) is 10.6 Å². The quantitative estimate of drug-likeness (QED) is 0.844. The first kappa shape index (κ1) is 14.5. The molecule has 2 rings (SSSR count). The SMILES string of the molecule is CCC(C)CC(C)NC1CCNCc2ccccc21. The van der Waals surface area contributed by atoms with Crippen LogP contribution >= 0.6 is 0 Å². The molecule has 1 aliphatic heterocycles. The van der Waals surface area contributed by atoms with Gasteiger partial charge in [-0.2, -0.15) is 0 Å². The summed E-state index contributed by atoms with van der Waals surface area (Å²) in [5.41, 5.74) is 2.94. The zero-order valence-corrected chi connectivity index (χ0v) is 12.6. The highest BCUT2D eigenvalue weighted by Crippen LogP contribution is 2.24. The predicted octanol–water partition coefficient (Wildman–Crippen LogP) is 3.64. The first-order valence-corrected chi connectivity index (χ1v) is 7.75. The molecule has 0 radical (unpaired) electrons. The average Bonchev–Trinajstić information content (AvgIpc) is 2.61. The molecule has 1 aliphatic rings. The molecule has 0 saturated carbocycles. The molecule has 0 amide bonds. The molecule has 1 aromatic rings. The lowest BCUT2D eigenvalue weighted by molar-refractivity contribution is 0.366. The second-order valence-corrected chi connectivity index (χ2v) is 6.03. The molecule has 0 bridgehead atoms. The molecule has 1 aromatic carbocycles. The fraction of sp³-hybridized carbons (Fsp3) is 0.647. The van der Waals surface area contributed by atoms with Gasteiger partial charge < -0.3 is 10.6 Å². The second-order valence-electron chi connectivity index (χ2n) is 6.03. The van der Waals surface area contributed by atoms with Gasteiger partial charge in [-0.1, -0.05) is 44.5 Å². The Morgan fingerprint density at radius 1 is 1.32 bits per heavy atom. The first-order chi connectivity index (χ1) is 9.20. The number of benzene rings is 1. The molecular formula is C17H28N2. The van der Waals surface area contributed by atoms with Gasteiger partial charge in [0.05, 0.1) is 0 Å². The van der Waals surface area contributed by atoms with E-state index in [4.69, 9.17) is 0 Å².